The van der Waals surface area contributed by atoms with E-state index in [9.17, 15) is 0 Å². The molecule has 0 spiro atoms. The minimum Gasteiger partial charge on any atom is -0.310 e. The summed E-state index contributed by atoms with van der Waals surface area (Å²) in [7, 11) is 0. The Morgan fingerprint density at radius 1 is 0.373 bits per heavy atom. The van der Waals surface area contributed by atoms with Gasteiger partial charge in [0.1, 0.15) is 0 Å². The minimum atomic E-state index is 0.479. The van der Waals surface area contributed by atoms with Crippen molar-refractivity contribution in [1.82, 2.24) is 13.7 Å². The molecule has 59 heavy (non-hydrogen) atoms. The smallest absolute Gasteiger partial charge is 0.0541 e. The Balaban J connectivity index is 0.992. The maximum atomic E-state index is 2.44. The second kappa shape index (κ2) is 13.3. The van der Waals surface area contributed by atoms with Crippen LogP contribution >= 0.6 is 0 Å². The van der Waals surface area contributed by atoms with Crippen molar-refractivity contribution in [3.63, 3.8) is 0 Å². The second-order valence-electron chi connectivity index (χ2n) is 15.8. The zero-order valence-corrected chi connectivity index (χ0v) is 32.7. The molecule has 1 atom stereocenters. The largest absolute Gasteiger partial charge is 0.310 e. The Hall–Kier alpha value is -7.56. The van der Waals surface area contributed by atoms with E-state index in [-0.39, 0.29) is 0 Å². The van der Waals surface area contributed by atoms with Crippen LogP contribution in [-0.2, 0) is 0 Å². The van der Waals surface area contributed by atoms with Gasteiger partial charge >= 0.3 is 0 Å². The van der Waals surface area contributed by atoms with E-state index in [0.717, 1.165) is 40.5 Å². The number of aromatic nitrogens is 3. The van der Waals surface area contributed by atoms with Crippen LogP contribution in [0.2, 0.25) is 0 Å². The average molecular weight is 757 g/mol. The van der Waals surface area contributed by atoms with Crippen molar-refractivity contribution < 1.29 is 0 Å². The van der Waals surface area contributed by atoms with E-state index in [1.165, 1.54) is 65.8 Å². The topological polar surface area (TPSA) is 18.0 Å². The second-order valence-corrected chi connectivity index (χ2v) is 15.8. The third-order valence-electron chi connectivity index (χ3n) is 12.5. The summed E-state index contributed by atoms with van der Waals surface area (Å²) in [6.07, 6.45) is 5.71. The number of nitrogens with zero attached hydrogens (tertiary/aromatic N) is 4. The lowest BCUT2D eigenvalue weighted by molar-refractivity contribution is 0.773. The maximum absolute atomic E-state index is 2.44. The maximum Gasteiger partial charge on any atom is 0.0541 e. The van der Waals surface area contributed by atoms with Crippen LogP contribution in [0.4, 0.5) is 17.1 Å². The van der Waals surface area contributed by atoms with Crippen molar-refractivity contribution in [3.8, 4) is 17.1 Å². The highest BCUT2D eigenvalue weighted by atomic mass is 15.1. The summed E-state index contributed by atoms with van der Waals surface area (Å²) in [5, 5.41) is 6.40. The summed E-state index contributed by atoms with van der Waals surface area (Å²) < 4.78 is 7.20. The van der Waals surface area contributed by atoms with E-state index >= 15 is 0 Å². The summed E-state index contributed by atoms with van der Waals surface area (Å²) in [5.41, 5.74) is 15.5. The minimum absolute atomic E-state index is 0.479. The zero-order chi connectivity index (χ0) is 39.0. The highest BCUT2D eigenvalue weighted by molar-refractivity contribution is 6.10. The summed E-state index contributed by atoms with van der Waals surface area (Å²) >= 11 is 0. The molecule has 280 valence electrons. The Bertz CT molecular complexity index is 3150. The molecule has 0 saturated heterocycles. The summed E-state index contributed by atoms with van der Waals surface area (Å²) in [5.74, 6) is 0.479. The number of hydrogen-bond donors (Lipinski definition) is 0. The molecule has 1 unspecified atom stereocenters. The number of anilines is 3. The molecule has 0 amide bonds. The van der Waals surface area contributed by atoms with Crippen LogP contribution in [-0.4, -0.2) is 13.7 Å². The molecule has 0 fully saturated rings. The molecule has 0 bridgehead atoms. The molecule has 4 nitrogen and oxygen atoms in total. The molecule has 0 N–H and O–H groups in total. The third-order valence-corrected chi connectivity index (χ3v) is 12.5. The van der Waals surface area contributed by atoms with Crippen LogP contribution in [0.15, 0.2) is 200 Å². The summed E-state index contributed by atoms with van der Waals surface area (Å²) in [4.78, 5) is 2.38. The number of benzene rings is 8. The molecule has 0 radical (unpaired) electrons. The van der Waals surface area contributed by atoms with E-state index in [4.69, 9.17) is 0 Å². The van der Waals surface area contributed by atoms with Gasteiger partial charge in [0.2, 0.25) is 0 Å². The van der Waals surface area contributed by atoms with Gasteiger partial charge in [-0.15, -0.1) is 0 Å². The van der Waals surface area contributed by atoms with Crippen molar-refractivity contribution >= 4 is 77.7 Å². The summed E-state index contributed by atoms with van der Waals surface area (Å²) in [6, 6.07) is 70.8. The van der Waals surface area contributed by atoms with Gasteiger partial charge in [-0.05, 0) is 127 Å². The van der Waals surface area contributed by atoms with E-state index in [2.05, 4.69) is 232 Å². The molecule has 11 aromatic rings. The fourth-order valence-corrected chi connectivity index (χ4v) is 9.85. The first kappa shape index (κ1) is 33.6. The van der Waals surface area contributed by atoms with Gasteiger partial charge in [-0.25, -0.2) is 0 Å². The number of allylic oxidation sites excluding steroid dienone is 1. The van der Waals surface area contributed by atoms with Gasteiger partial charge in [0.05, 0.1) is 27.6 Å². The summed E-state index contributed by atoms with van der Waals surface area (Å²) in [6.45, 7) is 2.35. The molecule has 1 aliphatic rings. The lowest BCUT2D eigenvalue weighted by Crippen LogP contribution is -2.11. The van der Waals surface area contributed by atoms with Crippen LogP contribution < -0.4 is 4.90 Å². The highest BCUT2D eigenvalue weighted by Gasteiger charge is 2.23. The molecule has 0 aliphatic heterocycles. The first-order valence-corrected chi connectivity index (χ1v) is 20.6. The van der Waals surface area contributed by atoms with Gasteiger partial charge < -0.3 is 18.6 Å². The third kappa shape index (κ3) is 5.16. The number of hydrogen-bond acceptors (Lipinski definition) is 1. The Morgan fingerprint density at radius 2 is 0.695 bits per heavy atom. The lowest BCUT2D eigenvalue weighted by atomic mass is 9.91. The van der Waals surface area contributed by atoms with Crippen molar-refractivity contribution in [1.29, 1.82) is 0 Å². The monoisotopic (exact) mass is 756 g/mol. The normalized spacial score (nSPS) is 13.9. The van der Waals surface area contributed by atoms with Gasteiger partial charge in [-0.1, -0.05) is 104 Å². The van der Waals surface area contributed by atoms with Gasteiger partial charge in [0.25, 0.3) is 0 Å². The van der Waals surface area contributed by atoms with Gasteiger partial charge in [-0.3, -0.25) is 0 Å². The molecule has 4 heteroatoms. The molecule has 3 heterocycles. The predicted molar refractivity (Wildman–Crippen MR) is 249 cm³/mol. The van der Waals surface area contributed by atoms with Crippen LogP contribution in [0.1, 0.15) is 30.5 Å². The van der Waals surface area contributed by atoms with E-state index in [0.29, 0.717) is 5.92 Å². The average Bonchev–Trinajstić information content (AvgIpc) is 3.94. The highest BCUT2D eigenvalue weighted by Crippen LogP contribution is 2.42. The molecule has 0 saturated carbocycles. The van der Waals surface area contributed by atoms with Crippen molar-refractivity contribution in [2.45, 2.75) is 19.3 Å². The van der Waals surface area contributed by atoms with Gasteiger partial charge in [0, 0.05) is 66.7 Å². The first-order valence-electron chi connectivity index (χ1n) is 20.6. The standard InChI is InChI=1S/C55H40N4/c1-37-13-12-24-54-55(37)48-18-6-11-23-53(48)59(54)43-35-29-40(30-36-43)56(38-25-31-41(32-26-38)57-49-19-7-2-14-44(49)45-15-3-8-20-50(45)57)39-27-33-42(34-28-39)58-51-21-9-4-16-46(51)47-17-5-10-22-52(47)58/h2-12,14-37H,13H2,1H3. The van der Waals surface area contributed by atoms with Crippen LogP contribution in [0, 0.1) is 0 Å². The van der Waals surface area contributed by atoms with E-state index in [1.807, 2.05) is 0 Å². The van der Waals surface area contributed by atoms with Crippen LogP contribution in [0.25, 0.3) is 77.7 Å². The van der Waals surface area contributed by atoms with Crippen molar-refractivity contribution in [2.75, 3.05) is 4.90 Å². The molecule has 3 aromatic heterocycles. The van der Waals surface area contributed by atoms with E-state index in [1.54, 1.807) is 0 Å². The van der Waals surface area contributed by atoms with Crippen molar-refractivity contribution in [2.24, 2.45) is 0 Å². The van der Waals surface area contributed by atoms with Crippen molar-refractivity contribution in [3.05, 3.63) is 211 Å². The molecule has 8 aromatic carbocycles. The fraction of sp³-hybridized carbons (Fsp3) is 0.0545. The zero-order valence-electron chi connectivity index (χ0n) is 32.7. The van der Waals surface area contributed by atoms with E-state index < -0.39 is 0 Å². The van der Waals surface area contributed by atoms with Gasteiger partial charge in [0.15, 0.2) is 0 Å². The number of rotatable bonds is 6. The van der Waals surface area contributed by atoms with Gasteiger partial charge in [-0.2, -0.15) is 0 Å². The molecule has 12 rings (SSSR count). The Morgan fingerprint density at radius 3 is 1.08 bits per heavy atom. The fourth-order valence-electron chi connectivity index (χ4n) is 9.85. The lowest BCUT2D eigenvalue weighted by Gasteiger charge is -2.26. The first-order chi connectivity index (χ1) is 29.2. The molecule has 1 aliphatic carbocycles. The quantitative estimate of drug-likeness (QED) is 0.165. The molecular formula is C55H40N4. The SMILES string of the molecule is CC1CC=Cc2c1c1ccccc1n2-c1ccc(N(c2ccc(-n3c4ccccc4c4ccccc43)cc2)c2ccc(-n3c4ccccc4c4ccccc43)cc2)cc1. The molecular weight excluding hydrogens is 717 g/mol. The van der Waals surface area contributed by atoms with Crippen LogP contribution in [0.5, 0.6) is 0 Å². The Labute approximate surface area is 342 Å². The predicted octanol–water partition coefficient (Wildman–Crippen LogP) is 14.8. The number of para-hydroxylation sites is 5. The van der Waals surface area contributed by atoms with Crippen LogP contribution in [0.3, 0.4) is 0 Å². The number of fused-ring (bicyclic) bond motifs is 9. The Kier molecular flexibility index (Phi) is 7.54.